The fourth-order valence-corrected chi connectivity index (χ4v) is 2.76. The molecule has 1 aromatic heterocycles. The Morgan fingerprint density at radius 2 is 1.82 bits per heavy atom. The van der Waals surface area contributed by atoms with E-state index in [0.717, 1.165) is 16.8 Å². The Morgan fingerprint density at radius 3 is 2.55 bits per heavy atom. The van der Waals surface area contributed by atoms with Crippen LogP contribution in [0.1, 0.15) is 5.56 Å². The van der Waals surface area contributed by atoms with Crippen molar-refractivity contribution in [2.75, 3.05) is 5.32 Å². The molecular weight excluding hydrogens is 299 g/mol. The van der Waals surface area contributed by atoms with Gasteiger partial charge in [-0.2, -0.15) is 0 Å². The molecule has 110 valence electrons. The normalized spacial score (nSPS) is 10.4. The summed E-state index contributed by atoms with van der Waals surface area (Å²) >= 11 is 1.38. The number of amides is 1. The minimum atomic E-state index is -0.309. The molecule has 1 heterocycles. The van der Waals surface area contributed by atoms with Gasteiger partial charge in [-0.25, -0.2) is 9.37 Å². The number of aromatic nitrogens is 1. The third-order valence-electron chi connectivity index (χ3n) is 3.10. The third-order valence-corrected chi connectivity index (χ3v) is 3.86. The molecule has 2 aromatic carbocycles. The highest BCUT2D eigenvalue weighted by molar-refractivity contribution is 7.14. The molecule has 5 heteroatoms. The van der Waals surface area contributed by atoms with Crippen molar-refractivity contribution in [3.63, 3.8) is 0 Å². The van der Waals surface area contributed by atoms with Gasteiger partial charge in [0.15, 0.2) is 5.13 Å². The van der Waals surface area contributed by atoms with E-state index in [1.165, 1.54) is 23.5 Å². The van der Waals surface area contributed by atoms with Crippen molar-refractivity contribution in [1.82, 2.24) is 4.98 Å². The van der Waals surface area contributed by atoms with Gasteiger partial charge in [-0.05, 0) is 17.7 Å². The summed E-state index contributed by atoms with van der Waals surface area (Å²) in [7, 11) is 0. The monoisotopic (exact) mass is 312 g/mol. The smallest absolute Gasteiger partial charge is 0.230 e. The molecule has 0 saturated carbocycles. The lowest BCUT2D eigenvalue weighted by Gasteiger charge is -2.02. The predicted octanol–water partition coefficient (Wildman–Crippen LogP) is 4.13. The summed E-state index contributed by atoms with van der Waals surface area (Å²) in [4.78, 5) is 16.4. The van der Waals surface area contributed by atoms with Crippen LogP contribution in [0.4, 0.5) is 9.52 Å². The van der Waals surface area contributed by atoms with Crippen molar-refractivity contribution >= 4 is 22.4 Å². The molecule has 0 spiro atoms. The third kappa shape index (κ3) is 3.56. The van der Waals surface area contributed by atoms with E-state index in [0.29, 0.717) is 5.13 Å². The van der Waals surface area contributed by atoms with Crippen LogP contribution in [-0.4, -0.2) is 10.9 Å². The van der Waals surface area contributed by atoms with E-state index in [4.69, 9.17) is 0 Å². The summed E-state index contributed by atoms with van der Waals surface area (Å²) in [6.07, 6.45) is 0.195. The lowest BCUT2D eigenvalue weighted by atomic mass is 10.1. The van der Waals surface area contributed by atoms with Gasteiger partial charge in [0.2, 0.25) is 5.91 Å². The van der Waals surface area contributed by atoms with E-state index in [2.05, 4.69) is 10.3 Å². The van der Waals surface area contributed by atoms with Crippen molar-refractivity contribution in [3.8, 4) is 11.3 Å². The zero-order valence-electron chi connectivity index (χ0n) is 11.6. The number of nitrogens with zero attached hydrogens (tertiary/aromatic N) is 1. The molecule has 1 N–H and O–H groups in total. The number of nitrogens with one attached hydrogen (secondary N) is 1. The Labute approximate surface area is 131 Å². The average molecular weight is 312 g/mol. The molecule has 3 rings (SSSR count). The van der Waals surface area contributed by atoms with Gasteiger partial charge in [0.05, 0.1) is 12.1 Å². The molecule has 0 saturated heterocycles. The number of hydrogen-bond donors (Lipinski definition) is 1. The Morgan fingerprint density at radius 1 is 1.09 bits per heavy atom. The van der Waals surface area contributed by atoms with Gasteiger partial charge >= 0.3 is 0 Å². The molecule has 3 aromatic rings. The zero-order valence-corrected chi connectivity index (χ0v) is 12.4. The standard InChI is InChI=1S/C17H13FN2OS/c18-14-8-6-12(7-9-14)10-16(21)20-17-19-15(11-22-17)13-4-2-1-3-5-13/h1-9,11H,10H2,(H,19,20,21). The highest BCUT2D eigenvalue weighted by Crippen LogP contribution is 2.24. The Balaban J connectivity index is 1.65. The van der Waals surface area contributed by atoms with E-state index < -0.39 is 0 Å². The van der Waals surface area contributed by atoms with Crippen LogP contribution in [-0.2, 0) is 11.2 Å². The summed E-state index contributed by atoms with van der Waals surface area (Å²) in [5.41, 5.74) is 2.61. The van der Waals surface area contributed by atoms with Gasteiger partial charge in [-0.15, -0.1) is 11.3 Å². The number of carbonyl (C=O) groups excluding carboxylic acids is 1. The maximum Gasteiger partial charge on any atom is 0.230 e. The topological polar surface area (TPSA) is 42.0 Å². The first-order chi connectivity index (χ1) is 10.7. The van der Waals surface area contributed by atoms with Crippen LogP contribution < -0.4 is 5.32 Å². The quantitative estimate of drug-likeness (QED) is 0.787. The first-order valence-electron chi connectivity index (χ1n) is 6.76. The first-order valence-corrected chi connectivity index (χ1v) is 7.64. The summed E-state index contributed by atoms with van der Waals surface area (Å²) in [6, 6.07) is 15.7. The van der Waals surface area contributed by atoms with Crippen LogP contribution in [0.2, 0.25) is 0 Å². The van der Waals surface area contributed by atoms with Gasteiger partial charge < -0.3 is 5.32 Å². The summed E-state index contributed by atoms with van der Waals surface area (Å²) in [6.45, 7) is 0. The molecule has 3 nitrogen and oxygen atoms in total. The number of anilines is 1. The molecule has 0 aliphatic rings. The maximum absolute atomic E-state index is 12.8. The first kappa shape index (κ1) is 14.4. The zero-order chi connectivity index (χ0) is 15.4. The van der Waals surface area contributed by atoms with Crippen LogP contribution in [0.5, 0.6) is 0 Å². The molecule has 0 aliphatic heterocycles. The number of benzene rings is 2. The van der Waals surface area contributed by atoms with Gasteiger partial charge in [-0.1, -0.05) is 42.5 Å². The van der Waals surface area contributed by atoms with Gasteiger partial charge in [-0.3, -0.25) is 4.79 Å². The fraction of sp³-hybridized carbons (Fsp3) is 0.0588. The van der Waals surface area contributed by atoms with Crippen LogP contribution >= 0.6 is 11.3 Å². The van der Waals surface area contributed by atoms with E-state index in [1.54, 1.807) is 12.1 Å². The van der Waals surface area contributed by atoms with E-state index in [-0.39, 0.29) is 18.1 Å². The molecular formula is C17H13FN2OS. The van der Waals surface area contributed by atoms with Crippen molar-refractivity contribution < 1.29 is 9.18 Å². The molecule has 22 heavy (non-hydrogen) atoms. The molecule has 1 amide bonds. The van der Waals surface area contributed by atoms with Crippen LogP contribution in [0.25, 0.3) is 11.3 Å². The lowest BCUT2D eigenvalue weighted by molar-refractivity contribution is -0.115. The Kier molecular flexibility index (Phi) is 4.25. The van der Waals surface area contributed by atoms with Crippen LogP contribution in [0.3, 0.4) is 0 Å². The van der Waals surface area contributed by atoms with Gasteiger partial charge in [0, 0.05) is 10.9 Å². The summed E-state index contributed by atoms with van der Waals surface area (Å²) in [5, 5.41) is 5.24. The van der Waals surface area contributed by atoms with Gasteiger partial charge in [0.1, 0.15) is 5.82 Å². The van der Waals surface area contributed by atoms with Crippen LogP contribution in [0, 0.1) is 5.82 Å². The number of rotatable bonds is 4. The van der Waals surface area contributed by atoms with E-state index >= 15 is 0 Å². The summed E-state index contributed by atoms with van der Waals surface area (Å²) in [5.74, 6) is -0.475. The molecule has 0 aliphatic carbocycles. The predicted molar refractivity (Wildman–Crippen MR) is 86.3 cm³/mol. The molecule has 0 unspecified atom stereocenters. The molecule has 0 bridgehead atoms. The van der Waals surface area contributed by atoms with E-state index in [1.807, 2.05) is 35.7 Å². The van der Waals surface area contributed by atoms with Crippen molar-refractivity contribution in [2.24, 2.45) is 0 Å². The van der Waals surface area contributed by atoms with Crippen molar-refractivity contribution in [3.05, 3.63) is 71.4 Å². The number of carbonyl (C=O) groups is 1. The van der Waals surface area contributed by atoms with Crippen molar-refractivity contribution in [1.29, 1.82) is 0 Å². The minimum Gasteiger partial charge on any atom is -0.302 e. The Hall–Kier alpha value is -2.53. The SMILES string of the molecule is O=C(Cc1ccc(F)cc1)Nc1nc(-c2ccccc2)cs1. The van der Waals surface area contributed by atoms with Crippen LogP contribution in [0.15, 0.2) is 60.0 Å². The van der Waals surface area contributed by atoms with E-state index in [9.17, 15) is 9.18 Å². The molecule has 0 fully saturated rings. The largest absolute Gasteiger partial charge is 0.302 e. The maximum atomic E-state index is 12.8. The van der Waals surface area contributed by atoms with Gasteiger partial charge in [0.25, 0.3) is 0 Å². The summed E-state index contributed by atoms with van der Waals surface area (Å²) < 4.78 is 12.8. The molecule has 0 atom stereocenters. The number of thiazole rings is 1. The molecule has 0 radical (unpaired) electrons. The second-order valence-corrected chi connectivity index (χ2v) is 5.61. The van der Waals surface area contributed by atoms with Crippen molar-refractivity contribution in [2.45, 2.75) is 6.42 Å². The lowest BCUT2D eigenvalue weighted by Crippen LogP contribution is -2.14. The second kappa shape index (κ2) is 6.49. The highest BCUT2D eigenvalue weighted by Gasteiger charge is 2.08. The second-order valence-electron chi connectivity index (χ2n) is 4.76. The fourth-order valence-electron chi connectivity index (χ4n) is 2.02. The minimum absolute atomic E-state index is 0.166. The Bertz CT molecular complexity index is 769. The highest BCUT2D eigenvalue weighted by atomic mass is 32.1. The average Bonchev–Trinajstić information content (AvgIpc) is 2.99. The number of halogens is 1. The number of hydrogen-bond acceptors (Lipinski definition) is 3.